The first-order valence-corrected chi connectivity index (χ1v) is 9.83. The van der Waals surface area contributed by atoms with Crippen LogP contribution in [0, 0.1) is 5.92 Å². The molecule has 8 heteroatoms. The van der Waals surface area contributed by atoms with Gasteiger partial charge in [0.05, 0.1) is 6.61 Å². The largest absolute Gasteiger partial charge is 0.493 e. The molecule has 1 heterocycles. The van der Waals surface area contributed by atoms with Crippen molar-refractivity contribution in [2.45, 2.75) is 25.7 Å². The fourth-order valence-electron chi connectivity index (χ4n) is 3.48. The van der Waals surface area contributed by atoms with Gasteiger partial charge in [-0.2, -0.15) is 0 Å². The second-order valence-corrected chi connectivity index (χ2v) is 7.46. The monoisotopic (exact) mass is 413 g/mol. The Morgan fingerprint density at radius 3 is 2.66 bits per heavy atom. The smallest absolute Gasteiger partial charge is 0.359 e. The molecule has 1 fully saturated rings. The Morgan fingerprint density at radius 1 is 1.17 bits per heavy atom. The average Bonchev–Trinajstić information content (AvgIpc) is 3.39. The molecule has 150 valence electrons. The van der Waals surface area contributed by atoms with Gasteiger partial charge in [0.15, 0.2) is 0 Å². The third kappa shape index (κ3) is 4.51. The molecule has 0 saturated heterocycles. The van der Waals surface area contributed by atoms with Crippen LogP contribution >= 0.6 is 11.6 Å². The highest BCUT2D eigenvalue weighted by atomic mass is 35.5. The summed E-state index contributed by atoms with van der Waals surface area (Å²) in [6, 6.07) is 12.9. The van der Waals surface area contributed by atoms with E-state index in [4.69, 9.17) is 21.1 Å². The zero-order valence-corrected chi connectivity index (χ0v) is 16.4. The van der Waals surface area contributed by atoms with Crippen LogP contribution in [0.2, 0.25) is 5.02 Å². The van der Waals surface area contributed by atoms with Crippen molar-refractivity contribution in [3.8, 4) is 28.5 Å². The van der Waals surface area contributed by atoms with E-state index in [-0.39, 0.29) is 11.6 Å². The average molecular weight is 414 g/mol. The van der Waals surface area contributed by atoms with E-state index >= 15 is 0 Å². The lowest BCUT2D eigenvalue weighted by Gasteiger charge is -2.16. The van der Waals surface area contributed by atoms with Gasteiger partial charge in [-0.1, -0.05) is 46.9 Å². The van der Waals surface area contributed by atoms with Gasteiger partial charge < -0.3 is 14.6 Å². The maximum Gasteiger partial charge on any atom is 0.359 e. The van der Waals surface area contributed by atoms with Crippen LogP contribution in [0.1, 0.15) is 36.2 Å². The molecule has 0 spiro atoms. The second-order valence-electron chi connectivity index (χ2n) is 7.03. The lowest BCUT2D eigenvalue weighted by atomic mass is 10.0. The normalized spacial score (nSPS) is 14.1. The van der Waals surface area contributed by atoms with Gasteiger partial charge >= 0.3 is 5.97 Å². The summed E-state index contributed by atoms with van der Waals surface area (Å²) < 4.78 is 11.8. The van der Waals surface area contributed by atoms with E-state index in [1.54, 1.807) is 12.1 Å². The number of hydrogen-bond donors (Lipinski definition) is 2. The molecule has 1 aromatic heterocycles. The van der Waals surface area contributed by atoms with Gasteiger partial charge in [0.2, 0.25) is 5.69 Å². The van der Waals surface area contributed by atoms with E-state index < -0.39 is 5.97 Å². The molecule has 2 aromatic carbocycles. The first-order chi connectivity index (χ1) is 14.1. The molecule has 0 bridgehead atoms. The highest BCUT2D eigenvalue weighted by Crippen LogP contribution is 2.36. The van der Waals surface area contributed by atoms with E-state index in [2.05, 4.69) is 15.4 Å². The Labute approximate surface area is 172 Å². The highest BCUT2D eigenvalue weighted by molar-refractivity contribution is 6.30. The van der Waals surface area contributed by atoms with Crippen molar-refractivity contribution in [3.05, 3.63) is 53.2 Å². The molecule has 0 unspecified atom stereocenters. The van der Waals surface area contributed by atoms with E-state index in [1.165, 1.54) is 25.7 Å². The van der Waals surface area contributed by atoms with Gasteiger partial charge in [-0.15, -0.1) is 0 Å². The summed E-state index contributed by atoms with van der Waals surface area (Å²) in [4.78, 5) is 11.2. The summed E-state index contributed by atoms with van der Waals surface area (Å²) >= 11 is 6.02. The number of nitrogens with one attached hydrogen (secondary N) is 1. The molecular weight excluding hydrogens is 394 g/mol. The number of ether oxygens (including phenoxy) is 2. The third-order valence-corrected chi connectivity index (χ3v) is 5.25. The molecule has 0 radical (unpaired) electrons. The minimum Gasteiger partial charge on any atom is -0.493 e. The van der Waals surface area contributed by atoms with Gasteiger partial charge in [-0.05, 0) is 48.6 Å². The summed E-state index contributed by atoms with van der Waals surface area (Å²) in [5.41, 5.74) is 1.67. The number of carboxylic acids is 1. The SMILES string of the molecule is O=C(O)c1[nH]nnc1Oc1ccc(-c2ccc(Cl)cc2)c(OCC2CCCC2)c1. The van der Waals surface area contributed by atoms with Gasteiger partial charge in [0, 0.05) is 16.7 Å². The van der Waals surface area contributed by atoms with Crippen LogP contribution in [0.15, 0.2) is 42.5 Å². The Balaban J connectivity index is 1.63. The van der Waals surface area contributed by atoms with Gasteiger partial charge in [0.1, 0.15) is 11.5 Å². The predicted molar refractivity (Wildman–Crippen MR) is 108 cm³/mol. The van der Waals surface area contributed by atoms with Crippen molar-refractivity contribution in [2.75, 3.05) is 6.61 Å². The van der Waals surface area contributed by atoms with E-state index in [9.17, 15) is 9.90 Å². The Morgan fingerprint density at radius 2 is 1.93 bits per heavy atom. The van der Waals surface area contributed by atoms with Crippen molar-refractivity contribution >= 4 is 17.6 Å². The van der Waals surface area contributed by atoms with E-state index in [0.29, 0.717) is 29.0 Å². The fraction of sp³-hybridized carbons (Fsp3) is 0.286. The molecule has 7 nitrogen and oxygen atoms in total. The maximum absolute atomic E-state index is 11.2. The Kier molecular flexibility index (Phi) is 5.67. The van der Waals surface area contributed by atoms with Crippen molar-refractivity contribution < 1.29 is 19.4 Å². The summed E-state index contributed by atoms with van der Waals surface area (Å²) in [7, 11) is 0. The molecule has 0 amide bonds. The van der Waals surface area contributed by atoms with E-state index in [1.807, 2.05) is 30.3 Å². The minimum absolute atomic E-state index is 0.0986. The fourth-order valence-corrected chi connectivity index (χ4v) is 3.60. The third-order valence-electron chi connectivity index (χ3n) is 5.00. The van der Waals surface area contributed by atoms with Crippen molar-refractivity contribution in [1.29, 1.82) is 0 Å². The molecule has 0 atom stereocenters. The van der Waals surface area contributed by atoms with Crippen LogP contribution in [0.4, 0.5) is 0 Å². The number of aromatic carboxylic acids is 1. The number of halogens is 1. The van der Waals surface area contributed by atoms with Gasteiger partial charge in [-0.25, -0.2) is 9.89 Å². The molecule has 2 N–H and O–H groups in total. The maximum atomic E-state index is 11.2. The van der Waals surface area contributed by atoms with Crippen LogP contribution in [-0.2, 0) is 0 Å². The Bertz CT molecular complexity index is 997. The van der Waals surface area contributed by atoms with Crippen LogP contribution in [-0.4, -0.2) is 33.1 Å². The van der Waals surface area contributed by atoms with Crippen LogP contribution in [0.5, 0.6) is 17.4 Å². The number of nitrogens with zero attached hydrogens (tertiary/aromatic N) is 2. The highest BCUT2D eigenvalue weighted by Gasteiger charge is 2.19. The number of aromatic amines is 1. The minimum atomic E-state index is -1.19. The molecule has 3 aromatic rings. The standard InChI is InChI=1S/C21H20ClN3O4/c22-15-7-5-14(6-8-15)17-10-9-16(29-20-19(21(26)27)23-25-24-20)11-18(17)28-12-13-3-1-2-4-13/h5-11,13H,1-4,12H2,(H,26,27)(H,23,24,25). The number of hydrogen-bond acceptors (Lipinski definition) is 5. The predicted octanol–water partition coefficient (Wildman–Crippen LogP) is 5.18. The molecule has 1 aliphatic carbocycles. The second kappa shape index (κ2) is 8.53. The number of aromatic nitrogens is 3. The summed E-state index contributed by atoms with van der Waals surface area (Å²) in [6.07, 6.45) is 4.83. The van der Waals surface area contributed by atoms with Crippen molar-refractivity contribution in [2.24, 2.45) is 5.92 Å². The van der Waals surface area contributed by atoms with Crippen molar-refractivity contribution in [3.63, 3.8) is 0 Å². The molecule has 29 heavy (non-hydrogen) atoms. The zero-order valence-electron chi connectivity index (χ0n) is 15.6. The first-order valence-electron chi connectivity index (χ1n) is 9.45. The van der Waals surface area contributed by atoms with Crippen LogP contribution in [0.3, 0.4) is 0 Å². The number of carbonyl (C=O) groups is 1. The number of carboxylic acid groups (broad SMARTS) is 1. The molecule has 4 rings (SSSR count). The van der Waals surface area contributed by atoms with E-state index in [0.717, 1.165) is 11.1 Å². The molecule has 1 aliphatic rings. The lowest BCUT2D eigenvalue weighted by molar-refractivity contribution is 0.0687. The van der Waals surface area contributed by atoms with Crippen LogP contribution in [0.25, 0.3) is 11.1 Å². The van der Waals surface area contributed by atoms with Crippen molar-refractivity contribution in [1.82, 2.24) is 15.4 Å². The quantitative estimate of drug-likeness (QED) is 0.553. The van der Waals surface area contributed by atoms with Crippen LogP contribution < -0.4 is 9.47 Å². The summed E-state index contributed by atoms with van der Waals surface area (Å²) in [6.45, 7) is 0.633. The number of H-pyrrole nitrogens is 1. The Hall–Kier alpha value is -3.06. The molecular formula is C21H20ClN3O4. The topological polar surface area (TPSA) is 97.3 Å². The summed E-state index contributed by atoms with van der Waals surface area (Å²) in [5.74, 6) is 0.336. The molecule has 0 aliphatic heterocycles. The zero-order chi connectivity index (χ0) is 20.2. The first kappa shape index (κ1) is 19.3. The number of benzene rings is 2. The summed E-state index contributed by atoms with van der Waals surface area (Å²) in [5, 5.41) is 19.4. The lowest BCUT2D eigenvalue weighted by Crippen LogP contribution is -2.08. The number of rotatable bonds is 7. The van der Waals surface area contributed by atoms with Gasteiger partial charge in [0.25, 0.3) is 5.88 Å². The van der Waals surface area contributed by atoms with Gasteiger partial charge in [-0.3, -0.25) is 0 Å². The molecule has 1 saturated carbocycles.